The number of nitro benzene ring substituents is 1. The molecule has 0 saturated heterocycles. The zero-order valence-electron chi connectivity index (χ0n) is 12.4. The molecule has 23 heavy (non-hydrogen) atoms. The lowest BCUT2D eigenvalue weighted by atomic mass is 10.2. The molecule has 118 valence electrons. The molecular weight excluding hydrogens is 298 g/mol. The highest BCUT2D eigenvalue weighted by Crippen LogP contribution is 2.25. The lowest BCUT2D eigenvalue weighted by molar-refractivity contribution is -0.385. The first-order chi connectivity index (χ1) is 11.1. The van der Waals surface area contributed by atoms with E-state index in [1.54, 1.807) is 6.07 Å². The van der Waals surface area contributed by atoms with Gasteiger partial charge in [0.25, 0.3) is 5.91 Å². The van der Waals surface area contributed by atoms with E-state index in [0.29, 0.717) is 0 Å². The number of nitro groups is 1. The lowest BCUT2D eigenvalue weighted by Crippen LogP contribution is -2.24. The summed E-state index contributed by atoms with van der Waals surface area (Å²) in [6.07, 6.45) is 1.50. The zero-order chi connectivity index (χ0) is 16.7. The van der Waals surface area contributed by atoms with Gasteiger partial charge in [0.15, 0.2) is 12.4 Å². The summed E-state index contributed by atoms with van der Waals surface area (Å²) in [5, 5.41) is 14.6. The summed E-state index contributed by atoms with van der Waals surface area (Å²) in [7, 11) is 0. The third-order valence-electron chi connectivity index (χ3n) is 2.90. The molecule has 0 atom stereocenters. The molecule has 0 aliphatic rings. The Morgan fingerprint density at radius 3 is 2.65 bits per heavy atom. The Morgan fingerprint density at radius 1 is 1.26 bits per heavy atom. The van der Waals surface area contributed by atoms with Crippen molar-refractivity contribution in [2.75, 3.05) is 6.61 Å². The number of rotatable bonds is 6. The Morgan fingerprint density at radius 2 is 1.96 bits per heavy atom. The van der Waals surface area contributed by atoms with Crippen molar-refractivity contribution in [2.45, 2.75) is 6.92 Å². The van der Waals surface area contributed by atoms with Crippen LogP contribution < -0.4 is 10.2 Å². The van der Waals surface area contributed by atoms with Gasteiger partial charge in [0.1, 0.15) is 0 Å². The Balaban J connectivity index is 1.86. The van der Waals surface area contributed by atoms with E-state index in [4.69, 9.17) is 4.74 Å². The zero-order valence-corrected chi connectivity index (χ0v) is 12.4. The number of hydrazone groups is 1. The number of ether oxygens (including phenoxy) is 1. The van der Waals surface area contributed by atoms with E-state index in [2.05, 4.69) is 10.5 Å². The molecule has 0 aliphatic heterocycles. The Labute approximate surface area is 132 Å². The molecule has 1 N–H and O–H groups in total. The van der Waals surface area contributed by atoms with Gasteiger partial charge in [-0.15, -0.1) is 0 Å². The summed E-state index contributed by atoms with van der Waals surface area (Å²) in [4.78, 5) is 21.9. The van der Waals surface area contributed by atoms with E-state index in [9.17, 15) is 14.9 Å². The number of carbonyl (C=O) groups excluding carboxylic acids is 1. The van der Waals surface area contributed by atoms with Crippen LogP contribution in [0.15, 0.2) is 53.6 Å². The number of para-hydroxylation sites is 2. The van der Waals surface area contributed by atoms with Crippen molar-refractivity contribution in [3.8, 4) is 5.75 Å². The van der Waals surface area contributed by atoms with Crippen LogP contribution in [0.4, 0.5) is 5.69 Å². The van der Waals surface area contributed by atoms with Crippen molar-refractivity contribution in [3.63, 3.8) is 0 Å². The highest BCUT2D eigenvalue weighted by Gasteiger charge is 2.14. The molecule has 0 aromatic heterocycles. The van der Waals surface area contributed by atoms with Crippen molar-refractivity contribution in [2.24, 2.45) is 5.10 Å². The van der Waals surface area contributed by atoms with Crippen molar-refractivity contribution < 1.29 is 14.5 Å². The minimum Gasteiger partial charge on any atom is -0.477 e. The molecule has 1 amide bonds. The number of nitrogens with zero attached hydrogens (tertiary/aromatic N) is 2. The summed E-state index contributed by atoms with van der Waals surface area (Å²) in [5.41, 5.74) is 4.08. The standard InChI is InChI=1S/C16H15N3O4/c1-12-6-8-13(9-7-12)10-17-18-16(20)11-23-15-5-3-2-4-14(15)19(21)22/h2-10H,11H2,1H3,(H,18,20). The molecule has 0 saturated carbocycles. The molecule has 0 unspecified atom stereocenters. The molecule has 0 radical (unpaired) electrons. The number of hydrogen-bond donors (Lipinski definition) is 1. The van der Waals surface area contributed by atoms with Gasteiger partial charge < -0.3 is 4.74 Å². The highest BCUT2D eigenvalue weighted by atomic mass is 16.6. The average Bonchev–Trinajstić information content (AvgIpc) is 2.55. The highest BCUT2D eigenvalue weighted by molar-refractivity contribution is 5.83. The number of benzene rings is 2. The third kappa shape index (κ3) is 4.92. The number of aryl methyl sites for hydroxylation is 1. The molecule has 0 fully saturated rings. The van der Waals surface area contributed by atoms with Crippen LogP contribution in [-0.2, 0) is 4.79 Å². The number of amides is 1. The number of nitrogens with one attached hydrogen (secondary N) is 1. The van der Waals surface area contributed by atoms with E-state index in [-0.39, 0.29) is 18.0 Å². The van der Waals surface area contributed by atoms with Gasteiger partial charge in [-0.05, 0) is 18.6 Å². The van der Waals surface area contributed by atoms with Gasteiger partial charge in [-0.2, -0.15) is 5.10 Å². The summed E-state index contributed by atoms with van der Waals surface area (Å²) < 4.78 is 5.15. The fourth-order valence-electron chi connectivity index (χ4n) is 1.74. The van der Waals surface area contributed by atoms with Crippen LogP contribution in [0.5, 0.6) is 5.75 Å². The summed E-state index contributed by atoms with van der Waals surface area (Å²) >= 11 is 0. The monoisotopic (exact) mass is 313 g/mol. The Kier molecular flexibility index (Phi) is 5.40. The summed E-state index contributed by atoms with van der Waals surface area (Å²) in [6, 6.07) is 13.5. The first-order valence-corrected chi connectivity index (χ1v) is 6.81. The maximum atomic E-state index is 11.6. The van der Waals surface area contributed by atoms with Gasteiger partial charge in [-0.1, -0.05) is 42.0 Å². The molecule has 7 heteroatoms. The van der Waals surface area contributed by atoms with Crippen LogP contribution in [0, 0.1) is 17.0 Å². The largest absolute Gasteiger partial charge is 0.477 e. The molecule has 0 heterocycles. The van der Waals surface area contributed by atoms with Gasteiger partial charge >= 0.3 is 5.69 Å². The Hall–Kier alpha value is -3.22. The molecule has 0 spiro atoms. The fourth-order valence-corrected chi connectivity index (χ4v) is 1.74. The second kappa shape index (κ2) is 7.69. The smallest absolute Gasteiger partial charge is 0.310 e. The van der Waals surface area contributed by atoms with Crippen molar-refractivity contribution in [3.05, 3.63) is 69.8 Å². The van der Waals surface area contributed by atoms with Gasteiger partial charge in [0.05, 0.1) is 11.1 Å². The molecule has 7 nitrogen and oxygen atoms in total. The molecular formula is C16H15N3O4. The average molecular weight is 313 g/mol. The van der Waals surface area contributed by atoms with E-state index in [0.717, 1.165) is 11.1 Å². The number of carbonyl (C=O) groups is 1. The second-order valence-corrected chi connectivity index (χ2v) is 4.72. The predicted octanol–water partition coefficient (Wildman–Crippen LogP) is 2.43. The minimum atomic E-state index is -0.567. The maximum absolute atomic E-state index is 11.6. The second-order valence-electron chi connectivity index (χ2n) is 4.72. The molecule has 2 aromatic rings. The van der Waals surface area contributed by atoms with Gasteiger partial charge in [-0.3, -0.25) is 14.9 Å². The molecule has 2 rings (SSSR count). The number of hydrogen-bond acceptors (Lipinski definition) is 5. The maximum Gasteiger partial charge on any atom is 0.310 e. The van der Waals surface area contributed by atoms with Crippen molar-refractivity contribution >= 4 is 17.8 Å². The molecule has 2 aromatic carbocycles. The van der Waals surface area contributed by atoms with E-state index in [1.165, 1.54) is 24.4 Å². The van der Waals surface area contributed by atoms with Crippen LogP contribution in [0.25, 0.3) is 0 Å². The Bertz CT molecular complexity index is 726. The van der Waals surface area contributed by atoms with Crippen LogP contribution in [-0.4, -0.2) is 23.7 Å². The normalized spacial score (nSPS) is 10.5. The van der Waals surface area contributed by atoms with Crippen molar-refractivity contribution in [1.29, 1.82) is 0 Å². The van der Waals surface area contributed by atoms with Gasteiger partial charge in [-0.25, -0.2) is 5.43 Å². The SMILES string of the molecule is Cc1ccc(C=NNC(=O)COc2ccccc2[N+](=O)[O-])cc1. The van der Waals surface area contributed by atoms with Crippen LogP contribution in [0.2, 0.25) is 0 Å². The summed E-state index contributed by atoms with van der Waals surface area (Å²) in [5.74, 6) is -0.471. The van der Waals surface area contributed by atoms with Gasteiger partial charge in [0.2, 0.25) is 0 Å². The molecule has 0 aliphatic carbocycles. The van der Waals surface area contributed by atoms with Crippen LogP contribution in [0.3, 0.4) is 0 Å². The van der Waals surface area contributed by atoms with E-state index in [1.807, 2.05) is 31.2 Å². The topological polar surface area (TPSA) is 93.8 Å². The van der Waals surface area contributed by atoms with Gasteiger partial charge in [0, 0.05) is 6.07 Å². The quantitative estimate of drug-likeness (QED) is 0.503. The predicted molar refractivity (Wildman–Crippen MR) is 85.5 cm³/mol. The van der Waals surface area contributed by atoms with E-state index < -0.39 is 10.8 Å². The van der Waals surface area contributed by atoms with Crippen LogP contribution in [0.1, 0.15) is 11.1 Å². The van der Waals surface area contributed by atoms with Crippen LogP contribution >= 0.6 is 0 Å². The van der Waals surface area contributed by atoms with Crippen molar-refractivity contribution in [1.82, 2.24) is 5.43 Å². The molecule has 0 bridgehead atoms. The third-order valence-corrected chi connectivity index (χ3v) is 2.90. The lowest BCUT2D eigenvalue weighted by Gasteiger charge is -2.05. The summed E-state index contributed by atoms with van der Waals surface area (Å²) in [6.45, 7) is 1.61. The fraction of sp³-hybridized carbons (Fsp3) is 0.125. The first kappa shape index (κ1) is 16.2. The first-order valence-electron chi connectivity index (χ1n) is 6.81. The minimum absolute atomic E-state index is 0.0372. The van der Waals surface area contributed by atoms with E-state index >= 15 is 0 Å².